The quantitative estimate of drug-likeness (QED) is 0.848. The summed E-state index contributed by atoms with van der Waals surface area (Å²) in [6, 6.07) is 5.66. The first kappa shape index (κ1) is 16.8. The molecule has 0 heterocycles. The van der Waals surface area contributed by atoms with Gasteiger partial charge in [0.25, 0.3) is 0 Å². The molecule has 1 aromatic rings. The van der Waals surface area contributed by atoms with Gasteiger partial charge in [0.15, 0.2) is 0 Å². The van der Waals surface area contributed by atoms with Gasteiger partial charge >= 0.3 is 6.18 Å². The van der Waals surface area contributed by atoms with Gasteiger partial charge in [-0.25, -0.2) is 13.6 Å². The van der Waals surface area contributed by atoms with E-state index >= 15 is 0 Å². The van der Waals surface area contributed by atoms with Gasteiger partial charge in [-0.2, -0.15) is 13.2 Å². The Bertz CT molecular complexity index is 544. The fourth-order valence-electron chi connectivity index (χ4n) is 1.73. The molecular formula is C12H17F3N2O2S. The summed E-state index contributed by atoms with van der Waals surface area (Å²) in [5.74, 6) is 0. The highest BCUT2D eigenvalue weighted by molar-refractivity contribution is 7.89. The van der Waals surface area contributed by atoms with Gasteiger partial charge in [-0.3, -0.25) is 0 Å². The van der Waals surface area contributed by atoms with Crippen molar-refractivity contribution in [3.63, 3.8) is 0 Å². The number of anilines is 1. The number of alkyl halides is 3. The molecule has 0 aliphatic carbocycles. The first-order valence-corrected chi connectivity index (χ1v) is 7.59. The highest BCUT2D eigenvalue weighted by Gasteiger charge is 2.26. The number of nitrogens with one attached hydrogen (secondary N) is 1. The summed E-state index contributed by atoms with van der Waals surface area (Å²) in [5, 5.41) is 7.96. The molecule has 0 aliphatic heterocycles. The lowest BCUT2D eigenvalue weighted by Crippen LogP contribution is -2.17. The number of primary sulfonamides is 1. The minimum atomic E-state index is -4.15. The Kier molecular flexibility index (Phi) is 5.41. The van der Waals surface area contributed by atoms with Crippen LogP contribution in [0, 0.1) is 0 Å². The fraction of sp³-hybridized carbons (Fsp3) is 0.500. The molecule has 0 amide bonds. The highest BCUT2D eigenvalue weighted by atomic mass is 32.2. The van der Waals surface area contributed by atoms with Crippen LogP contribution in [0.2, 0.25) is 0 Å². The molecule has 3 N–H and O–H groups in total. The molecule has 0 bridgehead atoms. The maximum Gasteiger partial charge on any atom is 0.389 e. The van der Waals surface area contributed by atoms with Gasteiger partial charge in [-0.05, 0) is 38.0 Å². The van der Waals surface area contributed by atoms with Crippen LogP contribution in [-0.2, 0) is 10.0 Å². The van der Waals surface area contributed by atoms with Gasteiger partial charge in [0.05, 0.1) is 4.90 Å². The van der Waals surface area contributed by atoms with Crippen molar-refractivity contribution in [2.45, 2.75) is 43.3 Å². The zero-order valence-electron chi connectivity index (χ0n) is 10.9. The maximum absolute atomic E-state index is 12.0. The minimum Gasteiger partial charge on any atom is -0.383 e. The number of hydrogen-bond acceptors (Lipinski definition) is 3. The summed E-state index contributed by atoms with van der Waals surface area (Å²) in [5.41, 5.74) is 0.510. The van der Waals surface area contributed by atoms with Crippen LogP contribution >= 0.6 is 0 Å². The Labute approximate surface area is 116 Å². The van der Waals surface area contributed by atoms with Gasteiger partial charge in [-0.15, -0.1) is 0 Å². The smallest absolute Gasteiger partial charge is 0.383 e. The largest absolute Gasteiger partial charge is 0.389 e. The van der Waals surface area contributed by atoms with E-state index in [0.717, 1.165) is 0 Å². The molecule has 0 aliphatic rings. The Hall–Kier alpha value is -1.28. The lowest BCUT2D eigenvalue weighted by atomic mass is 10.1. The molecule has 1 rings (SSSR count). The number of benzene rings is 1. The van der Waals surface area contributed by atoms with E-state index in [1.807, 2.05) is 0 Å². The molecule has 0 radical (unpaired) electrons. The van der Waals surface area contributed by atoms with E-state index in [4.69, 9.17) is 5.14 Å². The third kappa shape index (κ3) is 6.25. The van der Waals surface area contributed by atoms with Crippen molar-refractivity contribution in [1.29, 1.82) is 0 Å². The van der Waals surface area contributed by atoms with Crippen LogP contribution in [0.5, 0.6) is 0 Å². The number of hydrogen-bond donors (Lipinski definition) is 2. The van der Waals surface area contributed by atoms with Gasteiger partial charge < -0.3 is 5.32 Å². The molecule has 4 nitrogen and oxygen atoms in total. The summed E-state index contributed by atoms with van der Waals surface area (Å²) < 4.78 is 58.4. The average molecular weight is 310 g/mol. The molecule has 8 heteroatoms. The third-order valence-electron chi connectivity index (χ3n) is 2.67. The zero-order valence-corrected chi connectivity index (χ0v) is 11.8. The molecule has 0 spiro atoms. The molecule has 0 saturated carbocycles. The van der Waals surface area contributed by atoms with E-state index in [1.165, 1.54) is 18.2 Å². The SMILES string of the molecule is CC(CCCC(F)(F)F)Nc1cccc(S(N)(=O)=O)c1. The van der Waals surface area contributed by atoms with Gasteiger partial charge in [0.2, 0.25) is 10.0 Å². The molecule has 1 atom stereocenters. The van der Waals surface area contributed by atoms with E-state index in [2.05, 4.69) is 5.32 Å². The predicted octanol–water partition coefficient (Wildman–Crippen LogP) is 2.87. The van der Waals surface area contributed by atoms with Gasteiger partial charge in [-0.1, -0.05) is 6.07 Å². The molecule has 1 unspecified atom stereocenters. The molecule has 1 aromatic carbocycles. The topological polar surface area (TPSA) is 72.2 Å². The maximum atomic E-state index is 12.0. The molecule has 20 heavy (non-hydrogen) atoms. The van der Waals surface area contributed by atoms with Crippen molar-refractivity contribution in [3.05, 3.63) is 24.3 Å². The molecule has 0 saturated heterocycles. The number of halogens is 3. The number of rotatable bonds is 6. The standard InChI is InChI=1S/C12H17F3N2O2S/c1-9(4-3-7-12(13,14)15)17-10-5-2-6-11(8-10)20(16,18)19/h2,5-6,8-9,17H,3-4,7H2,1H3,(H2,16,18,19). The molecular weight excluding hydrogens is 293 g/mol. The Balaban J connectivity index is 2.56. The number of nitrogens with two attached hydrogens (primary N) is 1. The first-order chi connectivity index (χ1) is 9.08. The van der Waals surface area contributed by atoms with Crippen LogP contribution in [0.3, 0.4) is 0 Å². The second-order valence-corrected chi connectivity index (χ2v) is 6.19. The Morgan fingerprint density at radius 3 is 2.55 bits per heavy atom. The number of sulfonamides is 1. The first-order valence-electron chi connectivity index (χ1n) is 6.04. The molecule has 0 aromatic heterocycles. The second-order valence-electron chi connectivity index (χ2n) is 4.63. The van der Waals surface area contributed by atoms with E-state index in [9.17, 15) is 21.6 Å². The van der Waals surface area contributed by atoms with Crippen molar-refractivity contribution in [1.82, 2.24) is 0 Å². The molecule has 0 fully saturated rings. The van der Waals surface area contributed by atoms with Crippen molar-refractivity contribution in [2.24, 2.45) is 5.14 Å². The van der Waals surface area contributed by atoms with Gasteiger partial charge in [0.1, 0.15) is 0 Å². The predicted molar refractivity (Wildman–Crippen MR) is 70.8 cm³/mol. The zero-order chi connectivity index (χ0) is 15.4. The van der Waals surface area contributed by atoms with Crippen molar-refractivity contribution >= 4 is 15.7 Å². The van der Waals surface area contributed by atoms with Crippen LogP contribution in [0.25, 0.3) is 0 Å². The summed E-state index contributed by atoms with van der Waals surface area (Å²) >= 11 is 0. The fourth-order valence-corrected chi connectivity index (χ4v) is 2.29. The Morgan fingerprint density at radius 1 is 1.35 bits per heavy atom. The lowest BCUT2D eigenvalue weighted by Gasteiger charge is -2.16. The van der Waals surface area contributed by atoms with E-state index in [-0.39, 0.29) is 17.4 Å². The normalized spacial score (nSPS) is 14.1. The van der Waals surface area contributed by atoms with Gasteiger partial charge in [0, 0.05) is 18.2 Å². The summed E-state index contributed by atoms with van der Waals surface area (Å²) in [4.78, 5) is -0.0370. The van der Waals surface area contributed by atoms with Crippen molar-refractivity contribution in [2.75, 3.05) is 5.32 Å². The van der Waals surface area contributed by atoms with E-state index in [1.54, 1.807) is 13.0 Å². The monoisotopic (exact) mass is 310 g/mol. The summed E-state index contributed by atoms with van der Waals surface area (Å²) in [6.45, 7) is 1.74. The third-order valence-corrected chi connectivity index (χ3v) is 3.58. The van der Waals surface area contributed by atoms with Crippen LogP contribution in [0.1, 0.15) is 26.2 Å². The van der Waals surface area contributed by atoms with Crippen LogP contribution in [0.4, 0.5) is 18.9 Å². The summed E-state index contributed by atoms with van der Waals surface area (Å²) in [7, 11) is -3.79. The minimum absolute atomic E-state index is 0.0204. The van der Waals surface area contributed by atoms with Crippen LogP contribution < -0.4 is 10.5 Å². The van der Waals surface area contributed by atoms with Crippen LogP contribution in [0.15, 0.2) is 29.2 Å². The molecule has 114 valence electrons. The lowest BCUT2D eigenvalue weighted by molar-refractivity contribution is -0.135. The Morgan fingerprint density at radius 2 is 2.00 bits per heavy atom. The van der Waals surface area contributed by atoms with Crippen LogP contribution in [-0.4, -0.2) is 20.6 Å². The summed E-state index contributed by atoms with van der Waals surface area (Å²) in [6.07, 6.45) is -4.62. The second kappa shape index (κ2) is 6.45. The average Bonchev–Trinajstić information content (AvgIpc) is 2.26. The highest BCUT2D eigenvalue weighted by Crippen LogP contribution is 2.23. The van der Waals surface area contributed by atoms with E-state index < -0.39 is 22.6 Å². The van der Waals surface area contributed by atoms with Crippen molar-refractivity contribution < 1.29 is 21.6 Å². The van der Waals surface area contributed by atoms with E-state index in [0.29, 0.717) is 12.1 Å². The van der Waals surface area contributed by atoms with Crippen molar-refractivity contribution in [3.8, 4) is 0 Å².